The Labute approximate surface area is 118 Å². The Kier molecular flexibility index (Phi) is 5.41. The molecule has 2 rings (SSSR count). The molecule has 0 spiro atoms. The summed E-state index contributed by atoms with van der Waals surface area (Å²) in [7, 11) is 0. The standard InChI is InChI=1S/C16H19NO3/c17-14-6-8-16(9-7-14)20-12-15(18)11-19-10-13-4-2-1-3-5-13/h1-9,15,18H,10-12,17H2. The van der Waals surface area contributed by atoms with Gasteiger partial charge in [-0.2, -0.15) is 0 Å². The van der Waals surface area contributed by atoms with Crippen molar-refractivity contribution in [3.8, 4) is 5.75 Å². The van der Waals surface area contributed by atoms with E-state index in [1.165, 1.54) is 0 Å². The molecule has 2 aromatic rings. The van der Waals surface area contributed by atoms with Gasteiger partial charge in [0.1, 0.15) is 18.5 Å². The third-order valence-corrected chi connectivity index (χ3v) is 2.74. The number of hydrogen-bond acceptors (Lipinski definition) is 4. The van der Waals surface area contributed by atoms with Crippen LogP contribution in [0.3, 0.4) is 0 Å². The Morgan fingerprint density at radius 3 is 2.35 bits per heavy atom. The molecule has 0 bridgehead atoms. The van der Waals surface area contributed by atoms with Gasteiger partial charge in [0.15, 0.2) is 0 Å². The minimum atomic E-state index is -0.656. The van der Waals surface area contributed by atoms with Crippen molar-refractivity contribution in [2.45, 2.75) is 12.7 Å². The average Bonchev–Trinajstić information content (AvgIpc) is 2.48. The lowest BCUT2D eigenvalue weighted by molar-refractivity contribution is 0.00549. The molecule has 0 aliphatic carbocycles. The van der Waals surface area contributed by atoms with Crippen molar-refractivity contribution in [2.24, 2.45) is 0 Å². The summed E-state index contributed by atoms with van der Waals surface area (Å²) >= 11 is 0. The third-order valence-electron chi connectivity index (χ3n) is 2.74. The van der Waals surface area contributed by atoms with Crippen LogP contribution in [0.5, 0.6) is 5.75 Å². The summed E-state index contributed by atoms with van der Waals surface area (Å²) in [5.74, 6) is 0.682. The molecule has 0 saturated carbocycles. The van der Waals surface area contributed by atoms with Gasteiger partial charge < -0.3 is 20.3 Å². The molecule has 2 aromatic carbocycles. The molecule has 0 amide bonds. The molecular weight excluding hydrogens is 254 g/mol. The molecular formula is C16H19NO3. The molecule has 0 aliphatic heterocycles. The summed E-state index contributed by atoms with van der Waals surface area (Å²) < 4.78 is 10.9. The highest BCUT2D eigenvalue weighted by molar-refractivity contribution is 5.41. The minimum Gasteiger partial charge on any atom is -0.491 e. The Morgan fingerprint density at radius 1 is 0.950 bits per heavy atom. The first-order valence-electron chi connectivity index (χ1n) is 6.52. The number of aliphatic hydroxyl groups is 1. The molecule has 1 unspecified atom stereocenters. The molecule has 4 nitrogen and oxygen atoms in total. The summed E-state index contributed by atoms with van der Waals surface area (Å²) in [5.41, 5.74) is 7.35. The smallest absolute Gasteiger partial charge is 0.119 e. The lowest BCUT2D eigenvalue weighted by Gasteiger charge is -2.13. The van der Waals surface area contributed by atoms with Crippen LogP contribution >= 0.6 is 0 Å². The van der Waals surface area contributed by atoms with Crippen molar-refractivity contribution in [3.63, 3.8) is 0 Å². The van der Waals surface area contributed by atoms with Crippen LogP contribution in [0.15, 0.2) is 54.6 Å². The number of rotatable bonds is 7. The monoisotopic (exact) mass is 273 g/mol. The Hall–Kier alpha value is -2.04. The van der Waals surface area contributed by atoms with E-state index in [1.54, 1.807) is 24.3 Å². The predicted octanol–water partition coefficient (Wildman–Crippen LogP) is 2.23. The molecule has 1 atom stereocenters. The van der Waals surface area contributed by atoms with Crippen LogP contribution in [0.1, 0.15) is 5.56 Å². The first-order valence-corrected chi connectivity index (χ1v) is 6.52. The number of anilines is 1. The van der Waals surface area contributed by atoms with Crippen molar-refractivity contribution in [3.05, 3.63) is 60.2 Å². The van der Waals surface area contributed by atoms with Crippen LogP contribution in [0.2, 0.25) is 0 Å². The van der Waals surface area contributed by atoms with E-state index in [0.717, 1.165) is 5.56 Å². The summed E-state index contributed by atoms with van der Waals surface area (Å²) in [6.45, 7) is 0.919. The van der Waals surface area contributed by atoms with Crippen LogP contribution < -0.4 is 10.5 Å². The summed E-state index contributed by atoms with van der Waals surface area (Å²) in [6, 6.07) is 16.9. The van der Waals surface area contributed by atoms with Crippen LogP contribution in [0, 0.1) is 0 Å². The van der Waals surface area contributed by atoms with Gasteiger partial charge in [0.2, 0.25) is 0 Å². The number of ether oxygens (including phenoxy) is 2. The number of nitrogens with two attached hydrogens (primary N) is 1. The molecule has 0 aromatic heterocycles. The molecule has 4 heteroatoms. The van der Waals surface area contributed by atoms with Gasteiger partial charge in [-0.1, -0.05) is 30.3 Å². The minimum absolute atomic E-state index is 0.193. The highest BCUT2D eigenvalue weighted by Gasteiger charge is 2.05. The van der Waals surface area contributed by atoms with E-state index in [0.29, 0.717) is 18.0 Å². The Bertz CT molecular complexity index is 499. The quantitative estimate of drug-likeness (QED) is 0.759. The van der Waals surface area contributed by atoms with E-state index in [4.69, 9.17) is 15.2 Å². The molecule has 0 aliphatic rings. The zero-order valence-electron chi connectivity index (χ0n) is 11.2. The maximum Gasteiger partial charge on any atom is 0.119 e. The first kappa shape index (κ1) is 14.4. The second-order valence-corrected chi connectivity index (χ2v) is 4.53. The van der Waals surface area contributed by atoms with E-state index in [2.05, 4.69) is 0 Å². The summed E-state index contributed by atoms with van der Waals surface area (Å²) in [5, 5.41) is 9.77. The van der Waals surface area contributed by atoms with E-state index >= 15 is 0 Å². The SMILES string of the molecule is Nc1ccc(OCC(O)COCc2ccccc2)cc1. The van der Waals surface area contributed by atoms with Gasteiger partial charge in [0, 0.05) is 5.69 Å². The van der Waals surface area contributed by atoms with Gasteiger partial charge in [-0.15, -0.1) is 0 Å². The Morgan fingerprint density at radius 2 is 1.65 bits per heavy atom. The summed E-state index contributed by atoms with van der Waals surface area (Å²) in [4.78, 5) is 0. The number of aliphatic hydroxyl groups excluding tert-OH is 1. The van der Waals surface area contributed by atoms with Gasteiger partial charge in [-0.3, -0.25) is 0 Å². The van der Waals surface area contributed by atoms with Crippen molar-refractivity contribution in [1.29, 1.82) is 0 Å². The van der Waals surface area contributed by atoms with Crippen LogP contribution in [0.25, 0.3) is 0 Å². The van der Waals surface area contributed by atoms with Gasteiger partial charge in [-0.05, 0) is 29.8 Å². The van der Waals surface area contributed by atoms with Crippen molar-refractivity contribution >= 4 is 5.69 Å². The van der Waals surface area contributed by atoms with E-state index < -0.39 is 6.10 Å². The highest BCUT2D eigenvalue weighted by Crippen LogP contribution is 2.13. The van der Waals surface area contributed by atoms with Crippen molar-refractivity contribution < 1.29 is 14.6 Å². The zero-order valence-corrected chi connectivity index (χ0v) is 11.2. The maximum absolute atomic E-state index is 9.77. The fourth-order valence-corrected chi connectivity index (χ4v) is 1.69. The average molecular weight is 273 g/mol. The van der Waals surface area contributed by atoms with E-state index in [9.17, 15) is 5.11 Å². The lowest BCUT2D eigenvalue weighted by atomic mass is 10.2. The normalized spacial score (nSPS) is 12.1. The predicted molar refractivity (Wildman–Crippen MR) is 78.5 cm³/mol. The highest BCUT2D eigenvalue weighted by atomic mass is 16.5. The maximum atomic E-state index is 9.77. The second kappa shape index (κ2) is 7.53. The van der Waals surface area contributed by atoms with E-state index in [-0.39, 0.29) is 13.2 Å². The fraction of sp³-hybridized carbons (Fsp3) is 0.250. The van der Waals surface area contributed by atoms with Crippen LogP contribution in [-0.4, -0.2) is 24.4 Å². The third kappa shape index (κ3) is 4.91. The molecule has 20 heavy (non-hydrogen) atoms. The van der Waals surface area contributed by atoms with E-state index in [1.807, 2.05) is 30.3 Å². The molecule has 0 saturated heterocycles. The van der Waals surface area contributed by atoms with Gasteiger partial charge in [0.25, 0.3) is 0 Å². The topological polar surface area (TPSA) is 64.7 Å². The number of nitrogen functional groups attached to an aromatic ring is 1. The van der Waals surface area contributed by atoms with Gasteiger partial charge in [-0.25, -0.2) is 0 Å². The Balaban J connectivity index is 1.65. The second-order valence-electron chi connectivity index (χ2n) is 4.53. The van der Waals surface area contributed by atoms with Gasteiger partial charge in [0.05, 0.1) is 13.2 Å². The van der Waals surface area contributed by atoms with Crippen molar-refractivity contribution in [2.75, 3.05) is 18.9 Å². The molecule has 0 heterocycles. The molecule has 0 fully saturated rings. The molecule has 0 radical (unpaired) electrons. The van der Waals surface area contributed by atoms with Crippen molar-refractivity contribution in [1.82, 2.24) is 0 Å². The fourth-order valence-electron chi connectivity index (χ4n) is 1.69. The van der Waals surface area contributed by atoms with Gasteiger partial charge >= 0.3 is 0 Å². The first-order chi connectivity index (χ1) is 9.74. The summed E-state index contributed by atoms with van der Waals surface area (Å²) in [6.07, 6.45) is -0.656. The molecule has 3 N–H and O–H groups in total. The number of hydrogen-bond donors (Lipinski definition) is 2. The van der Waals surface area contributed by atoms with Crippen LogP contribution in [-0.2, 0) is 11.3 Å². The lowest BCUT2D eigenvalue weighted by Crippen LogP contribution is -2.23. The number of benzene rings is 2. The zero-order chi connectivity index (χ0) is 14.2. The largest absolute Gasteiger partial charge is 0.491 e. The van der Waals surface area contributed by atoms with Crippen LogP contribution in [0.4, 0.5) is 5.69 Å². The molecule has 106 valence electrons.